The number of nitrogens with zero attached hydrogens (tertiary/aromatic N) is 1. The van der Waals surface area contributed by atoms with Crippen LogP contribution in [0.5, 0.6) is 0 Å². The third kappa shape index (κ3) is 3.11. The third-order valence-corrected chi connectivity index (χ3v) is 4.51. The molecule has 3 rings (SSSR count). The van der Waals surface area contributed by atoms with E-state index in [-0.39, 0.29) is 12.2 Å². The van der Waals surface area contributed by atoms with Crippen LogP contribution in [0.4, 0.5) is 4.39 Å². The van der Waals surface area contributed by atoms with Crippen molar-refractivity contribution in [2.45, 2.75) is 6.61 Å². The Morgan fingerprint density at radius 3 is 2.90 bits per heavy atom. The highest BCUT2D eigenvalue weighted by atomic mass is 79.9. The van der Waals surface area contributed by atoms with Crippen LogP contribution >= 0.6 is 27.3 Å². The highest BCUT2D eigenvalue weighted by molar-refractivity contribution is 9.10. The number of thiazole rings is 1. The Labute approximate surface area is 132 Å². The molecule has 2 aromatic carbocycles. The number of carbonyl (C=O) groups excluding carboxylic acids is 1. The number of fused-ring (bicyclic) bond motifs is 1. The van der Waals surface area contributed by atoms with Gasteiger partial charge < -0.3 is 4.74 Å². The van der Waals surface area contributed by atoms with Crippen LogP contribution in [-0.2, 0) is 11.3 Å². The van der Waals surface area contributed by atoms with Gasteiger partial charge in [0.2, 0.25) is 0 Å². The van der Waals surface area contributed by atoms with Crippen LogP contribution in [0.15, 0.2) is 46.9 Å². The Kier molecular flexibility index (Phi) is 3.98. The summed E-state index contributed by atoms with van der Waals surface area (Å²) in [7, 11) is 0. The van der Waals surface area contributed by atoms with Gasteiger partial charge >= 0.3 is 5.97 Å². The van der Waals surface area contributed by atoms with Gasteiger partial charge in [-0.3, -0.25) is 0 Å². The summed E-state index contributed by atoms with van der Waals surface area (Å²) in [6.07, 6.45) is 0. The molecule has 3 nitrogen and oxygen atoms in total. The second-order valence-corrected chi connectivity index (χ2v) is 6.25. The lowest BCUT2D eigenvalue weighted by molar-refractivity contribution is 0.0471. The minimum Gasteiger partial charge on any atom is -0.455 e. The SMILES string of the molecule is O=C(OCc1nc2ccccc2s1)c1cc(F)ccc1Br. The van der Waals surface area contributed by atoms with E-state index in [1.807, 2.05) is 24.3 Å². The van der Waals surface area contributed by atoms with Gasteiger partial charge in [0.1, 0.15) is 17.4 Å². The lowest BCUT2D eigenvalue weighted by atomic mass is 10.2. The molecule has 0 saturated heterocycles. The minimum atomic E-state index is -0.583. The first-order valence-electron chi connectivity index (χ1n) is 6.10. The molecule has 0 unspecified atom stereocenters. The maximum atomic E-state index is 13.2. The smallest absolute Gasteiger partial charge is 0.339 e. The van der Waals surface area contributed by atoms with Crippen molar-refractivity contribution < 1.29 is 13.9 Å². The van der Waals surface area contributed by atoms with E-state index in [0.29, 0.717) is 9.48 Å². The first-order chi connectivity index (χ1) is 10.1. The van der Waals surface area contributed by atoms with Crippen LogP contribution < -0.4 is 0 Å². The normalized spacial score (nSPS) is 10.8. The fourth-order valence-electron chi connectivity index (χ4n) is 1.84. The molecule has 0 N–H and O–H groups in total. The van der Waals surface area contributed by atoms with Gasteiger partial charge in [0.25, 0.3) is 0 Å². The average molecular weight is 366 g/mol. The topological polar surface area (TPSA) is 39.2 Å². The zero-order chi connectivity index (χ0) is 14.8. The van der Waals surface area contributed by atoms with Gasteiger partial charge in [0, 0.05) is 4.47 Å². The summed E-state index contributed by atoms with van der Waals surface area (Å²) in [5, 5.41) is 0.706. The Hall–Kier alpha value is -1.79. The van der Waals surface area contributed by atoms with Crippen molar-refractivity contribution in [3.05, 3.63) is 63.3 Å². The number of hydrogen-bond acceptors (Lipinski definition) is 4. The predicted octanol–water partition coefficient (Wildman–Crippen LogP) is 4.55. The molecule has 0 atom stereocenters. The zero-order valence-corrected chi connectivity index (χ0v) is 13.1. The summed E-state index contributed by atoms with van der Waals surface area (Å²) < 4.78 is 19.9. The number of carbonyl (C=O) groups is 1. The summed E-state index contributed by atoms with van der Waals surface area (Å²) in [4.78, 5) is 16.3. The molecule has 6 heteroatoms. The number of aromatic nitrogens is 1. The van der Waals surface area contributed by atoms with Crippen LogP contribution in [0.2, 0.25) is 0 Å². The molecule has 3 aromatic rings. The molecule has 0 aliphatic carbocycles. The summed E-state index contributed by atoms with van der Waals surface area (Å²) in [6, 6.07) is 11.6. The van der Waals surface area contributed by atoms with E-state index in [1.54, 1.807) is 0 Å². The molecule has 0 bridgehead atoms. The summed E-state index contributed by atoms with van der Waals surface area (Å²) in [6.45, 7) is 0.0706. The average Bonchev–Trinajstić information content (AvgIpc) is 2.90. The van der Waals surface area contributed by atoms with Crippen LogP contribution in [0.25, 0.3) is 10.2 Å². The van der Waals surface area contributed by atoms with E-state index in [9.17, 15) is 9.18 Å². The number of para-hydroxylation sites is 1. The molecule has 1 heterocycles. The van der Waals surface area contributed by atoms with E-state index < -0.39 is 11.8 Å². The van der Waals surface area contributed by atoms with Crippen LogP contribution in [-0.4, -0.2) is 11.0 Å². The monoisotopic (exact) mass is 365 g/mol. The molecule has 0 aliphatic rings. The molecular weight excluding hydrogens is 357 g/mol. The molecule has 21 heavy (non-hydrogen) atoms. The van der Waals surface area contributed by atoms with Crippen molar-refractivity contribution in [2.24, 2.45) is 0 Å². The number of hydrogen-bond donors (Lipinski definition) is 0. The summed E-state index contributed by atoms with van der Waals surface area (Å²) >= 11 is 4.67. The van der Waals surface area contributed by atoms with E-state index >= 15 is 0 Å². The van der Waals surface area contributed by atoms with Crippen molar-refractivity contribution in [3.8, 4) is 0 Å². The van der Waals surface area contributed by atoms with Gasteiger partial charge in [-0.1, -0.05) is 12.1 Å². The number of esters is 1. The van der Waals surface area contributed by atoms with Crippen molar-refractivity contribution in [3.63, 3.8) is 0 Å². The van der Waals surface area contributed by atoms with Crippen LogP contribution in [0, 0.1) is 5.82 Å². The molecule has 0 aliphatic heterocycles. The molecule has 0 fully saturated rings. The molecule has 0 spiro atoms. The van der Waals surface area contributed by atoms with Gasteiger partial charge in [-0.05, 0) is 46.3 Å². The molecule has 0 amide bonds. The van der Waals surface area contributed by atoms with Crippen molar-refractivity contribution in [1.82, 2.24) is 4.98 Å². The van der Waals surface area contributed by atoms with Crippen molar-refractivity contribution >= 4 is 43.5 Å². The quantitative estimate of drug-likeness (QED) is 0.639. The fourth-order valence-corrected chi connectivity index (χ4v) is 3.13. The Morgan fingerprint density at radius 2 is 2.10 bits per heavy atom. The van der Waals surface area contributed by atoms with E-state index in [0.717, 1.165) is 16.3 Å². The van der Waals surface area contributed by atoms with Gasteiger partial charge in [-0.2, -0.15) is 0 Å². The van der Waals surface area contributed by atoms with E-state index in [2.05, 4.69) is 20.9 Å². The molecular formula is C15H9BrFNO2S. The highest BCUT2D eigenvalue weighted by Crippen LogP contribution is 2.23. The molecule has 0 radical (unpaired) electrons. The Balaban J connectivity index is 1.74. The highest BCUT2D eigenvalue weighted by Gasteiger charge is 2.14. The zero-order valence-electron chi connectivity index (χ0n) is 10.7. The Bertz CT molecular complexity index is 785. The lowest BCUT2D eigenvalue weighted by Crippen LogP contribution is -2.06. The first kappa shape index (κ1) is 14.2. The first-order valence-corrected chi connectivity index (χ1v) is 7.71. The molecule has 0 saturated carbocycles. The predicted molar refractivity (Wildman–Crippen MR) is 82.8 cm³/mol. The summed E-state index contributed by atoms with van der Waals surface area (Å²) in [5.41, 5.74) is 1.04. The van der Waals surface area contributed by atoms with Crippen molar-refractivity contribution in [2.75, 3.05) is 0 Å². The maximum absolute atomic E-state index is 13.2. The van der Waals surface area contributed by atoms with Crippen molar-refractivity contribution in [1.29, 1.82) is 0 Å². The number of ether oxygens (including phenoxy) is 1. The fraction of sp³-hybridized carbons (Fsp3) is 0.0667. The van der Waals surface area contributed by atoms with Crippen LogP contribution in [0.3, 0.4) is 0 Å². The molecule has 1 aromatic heterocycles. The summed E-state index contributed by atoms with van der Waals surface area (Å²) in [5.74, 6) is -1.06. The Morgan fingerprint density at radius 1 is 1.29 bits per heavy atom. The third-order valence-electron chi connectivity index (χ3n) is 2.81. The number of benzene rings is 2. The van der Waals surface area contributed by atoms with Gasteiger partial charge in [-0.15, -0.1) is 11.3 Å². The van der Waals surface area contributed by atoms with Gasteiger partial charge in [0.15, 0.2) is 0 Å². The molecule has 106 valence electrons. The van der Waals surface area contributed by atoms with E-state index in [1.165, 1.54) is 23.5 Å². The lowest BCUT2D eigenvalue weighted by Gasteiger charge is -2.04. The standard InChI is InChI=1S/C15H9BrFNO2S/c16-11-6-5-9(17)7-10(11)15(19)20-8-14-18-12-3-1-2-4-13(12)21-14/h1-7H,8H2. The largest absolute Gasteiger partial charge is 0.455 e. The van der Waals surface area contributed by atoms with Crippen LogP contribution in [0.1, 0.15) is 15.4 Å². The van der Waals surface area contributed by atoms with Gasteiger partial charge in [-0.25, -0.2) is 14.2 Å². The maximum Gasteiger partial charge on any atom is 0.339 e. The van der Waals surface area contributed by atoms with E-state index in [4.69, 9.17) is 4.74 Å². The van der Waals surface area contributed by atoms with Gasteiger partial charge in [0.05, 0.1) is 15.8 Å². The number of halogens is 2. The second kappa shape index (κ2) is 5.91. The second-order valence-electron chi connectivity index (χ2n) is 4.28. The minimum absolute atomic E-state index is 0.0706. The number of rotatable bonds is 3.